The number of ether oxygens (including phenoxy) is 2. The van der Waals surface area contributed by atoms with E-state index < -0.39 is 6.10 Å². The molecule has 0 saturated heterocycles. The summed E-state index contributed by atoms with van der Waals surface area (Å²) in [7, 11) is 1.65. The second-order valence-electron chi connectivity index (χ2n) is 4.77. The van der Waals surface area contributed by atoms with Gasteiger partial charge in [0, 0.05) is 24.9 Å². The molecule has 0 radical (unpaired) electrons. The number of hydrogen-bond donors (Lipinski definition) is 2. The van der Waals surface area contributed by atoms with Gasteiger partial charge in [0.1, 0.15) is 0 Å². The van der Waals surface area contributed by atoms with Crippen LogP contribution < -0.4 is 5.32 Å². The molecule has 1 aliphatic carbocycles. The number of aliphatic hydroxyl groups is 1. The topological polar surface area (TPSA) is 50.7 Å². The van der Waals surface area contributed by atoms with Crippen molar-refractivity contribution in [2.75, 3.05) is 39.7 Å². The monoisotopic (exact) mass is 263 g/mol. The average Bonchev–Trinajstić information content (AvgIpc) is 3.08. The van der Waals surface area contributed by atoms with Crippen molar-refractivity contribution < 1.29 is 14.6 Å². The molecule has 0 heterocycles. The molecule has 0 aromatic carbocycles. The van der Waals surface area contributed by atoms with Gasteiger partial charge in [-0.05, 0) is 26.0 Å². The lowest BCUT2D eigenvalue weighted by atomic mass is 10.3. The first kappa shape index (κ1) is 15.2. The van der Waals surface area contributed by atoms with E-state index in [4.69, 9.17) is 9.47 Å². The van der Waals surface area contributed by atoms with Crippen LogP contribution in [0.5, 0.6) is 0 Å². The van der Waals surface area contributed by atoms with Crippen molar-refractivity contribution in [2.24, 2.45) is 0 Å². The minimum atomic E-state index is -0.438. The largest absolute Gasteiger partial charge is 0.389 e. The number of methoxy groups -OCH3 is 1. The molecule has 2 unspecified atom stereocenters. The summed E-state index contributed by atoms with van der Waals surface area (Å²) in [4.78, 5) is 0. The van der Waals surface area contributed by atoms with Crippen molar-refractivity contribution in [1.29, 1.82) is 0 Å². The number of thioether (sulfide) groups is 1. The predicted octanol–water partition coefficient (Wildman–Crippen LogP) is 0.884. The van der Waals surface area contributed by atoms with Gasteiger partial charge in [0.05, 0.1) is 25.4 Å². The Bertz CT molecular complexity index is 212. The van der Waals surface area contributed by atoms with Gasteiger partial charge in [0.15, 0.2) is 0 Å². The summed E-state index contributed by atoms with van der Waals surface area (Å²) in [5, 5.41) is 13.0. The molecule has 5 heteroatoms. The average molecular weight is 263 g/mol. The lowest BCUT2D eigenvalue weighted by Gasteiger charge is -2.18. The van der Waals surface area contributed by atoms with E-state index in [0.29, 0.717) is 24.5 Å². The van der Waals surface area contributed by atoms with E-state index in [1.54, 1.807) is 7.11 Å². The third-order valence-electron chi connectivity index (χ3n) is 3.04. The molecule has 2 atom stereocenters. The van der Waals surface area contributed by atoms with Gasteiger partial charge in [-0.25, -0.2) is 0 Å². The molecule has 1 rings (SSSR count). The zero-order valence-electron chi connectivity index (χ0n) is 11.1. The van der Waals surface area contributed by atoms with E-state index >= 15 is 0 Å². The smallest absolute Gasteiger partial charge is 0.0897 e. The molecule has 1 saturated carbocycles. The highest BCUT2D eigenvalue weighted by molar-refractivity contribution is 8.00. The molecule has 17 heavy (non-hydrogen) atoms. The Morgan fingerprint density at radius 3 is 2.65 bits per heavy atom. The summed E-state index contributed by atoms with van der Waals surface area (Å²) in [5.74, 6) is 0. The van der Waals surface area contributed by atoms with Crippen LogP contribution in [0.15, 0.2) is 0 Å². The van der Waals surface area contributed by atoms with Gasteiger partial charge in [-0.15, -0.1) is 0 Å². The van der Waals surface area contributed by atoms with Gasteiger partial charge >= 0.3 is 0 Å². The van der Waals surface area contributed by atoms with Crippen LogP contribution in [0, 0.1) is 0 Å². The maximum absolute atomic E-state index is 9.72. The van der Waals surface area contributed by atoms with Crippen molar-refractivity contribution in [1.82, 2.24) is 5.32 Å². The molecule has 0 aliphatic heterocycles. The van der Waals surface area contributed by atoms with Gasteiger partial charge in [0.2, 0.25) is 0 Å². The number of aliphatic hydroxyl groups excluding tert-OH is 1. The minimum absolute atomic E-state index is 0.0376. The second-order valence-corrected chi connectivity index (χ2v) is 6.05. The quantitative estimate of drug-likeness (QED) is 0.613. The van der Waals surface area contributed by atoms with Crippen LogP contribution in [0.4, 0.5) is 0 Å². The first-order chi connectivity index (χ1) is 8.12. The van der Waals surface area contributed by atoms with E-state index in [1.807, 2.05) is 18.7 Å². The van der Waals surface area contributed by atoms with Gasteiger partial charge < -0.3 is 19.9 Å². The predicted molar refractivity (Wildman–Crippen MR) is 71.6 cm³/mol. The van der Waals surface area contributed by atoms with E-state index in [-0.39, 0.29) is 6.10 Å². The SMILES string of the molecule is COCC(C)OCC(O)CNCC1(SC)CC1. The van der Waals surface area contributed by atoms with Crippen LogP contribution in [0.25, 0.3) is 0 Å². The Balaban J connectivity index is 1.99. The summed E-state index contributed by atoms with van der Waals surface area (Å²) < 4.78 is 10.9. The standard InChI is InChI=1S/C12H25NO3S/c1-10(7-15-2)16-8-11(14)6-13-9-12(17-3)4-5-12/h10-11,13-14H,4-9H2,1-3H3. The van der Waals surface area contributed by atoms with Gasteiger partial charge in [0.25, 0.3) is 0 Å². The van der Waals surface area contributed by atoms with Crippen molar-refractivity contribution in [3.63, 3.8) is 0 Å². The van der Waals surface area contributed by atoms with Crippen LogP contribution in [0.3, 0.4) is 0 Å². The van der Waals surface area contributed by atoms with Crippen LogP contribution in [0.2, 0.25) is 0 Å². The summed E-state index contributed by atoms with van der Waals surface area (Å²) in [5.41, 5.74) is 0. The Morgan fingerprint density at radius 1 is 1.41 bits per heavy atom. The van der Waals surface area contributed by atoms with Crippen LogP contribution in [-0.2, 0) is 9.47 Å². The fraction of sp³-hybridized carbons (Fsp3) is 1.00. The highest BCUT2D eigenvalue weighted by atomic mass is 32.2. The summed E-state index contributed by atoms with van der Waals surface area (Å²) in [6, 6.07) is 0. The minimum Gasteiger partial charge on any atom is -0.389 e. The molecule has 2 N–H and O–H groups in total. The molecule has 0 aromatic rings. The molecular weight excluding hydrogens is 238 g/mol. The third kappa shape index (κ3) is 6.06. The van der Waals surface area contributed by atoms with E-state index in [9.17, 15) is 5.11 Å². The normalized spacial score (nSPS) is 21.2. The molecule has 1 aliphatic rings. The molecule has 1 fully saturated rings. The van der Waals surface area contributed by atoms with E-state index in [0.717, 1.165) is 6.54 Å². The van der Waals surface area contributed by atoms with Crippen LogP contribution in [0.1, 0.15) is 19.8 Å². The lowest BCUT2D eigenvalue weighted by Crippen LogP contribution is -2.36. The molecule has 0 bridgehead atoms. The van der Waals surface area contributed by atoms with Crippen molar-refractivity contribution >= 4 is 11.8 Å². The van der Waals surface area contributed by atoms with E-state index in [2.05, 4.69) is 11.6 Å². The molecule has 0 aromatic heterocycles. The molecule has 102 valence electrons. The van der Waals surface area contributed by atoms with Crippen molar-refractivity contribution in [3.8, 4) is 0 Å². The second kappa shape index (κ2) is 7.59. The van der Waals surface area contributed by atoms with Crippen molar-refractivity contribution in [3.05, 3.63) is 0 Å². The molecule has 4 nitrogen and oxygen atoms in total. The third-order valence-corrected chi connectivity index (χ3v) is 4.46. The maximum atomic E-state index is 9.72. The molecular formula is C12H25NO3S. The summed E-state index contributed by atoms with van der Waals surface area (Å²) >= 11 is 1.92. The summed E-state index contributed by atoms with van der Waals surface area (Å²) in [6.07, 6.45) is 4.33. The Labute approximate surface area is 108 Å². The Kier molecular flexibility index (Phi) is 6.80. The lowest BCUT2D eigenvalue weighted by molar-refractivity contribution is -0.0310. The van der Waals surface area contributed by atoms with Crippen LogP contribution >= 0.6 is 11.8 Å². The first-order valence-corrected chi connectivity index (χ1v) is 7.39. The van der Waals surface area contributed by atoms with Gasteiger partial charge in [-0.1, -0.05) is 0 Å². The zero-order chi connectivity index (χ0) is 12.7. The number of nitrogens with one attached hydrogen (secondary N) is 1. The highest BCUT2D eigenvalue weighted by Crippen LogP contribution is 2.46. The fourth-order valence-electron chi connectivity index (χ4n) is 1.68. The highest BCUT2D eigenvalue weighted by Gasteiger charge is 2.41. The van der Waals surface area contributed by atoms with Crippen molar-refractivity contribution in [2.45, 2.75) is 36.7 Å². The van der Waals surface area contributed by atoms with Crippen LogP contribution in [-0.4, -0.2) is 61.7 Å². The Morgan fingerprint density at radius 2 is 2.12 bits per heavy atom. The molecule has 0 spiro atoms. The Hall–Kier alpha value is 0.190. The van der Waals surface area contributed by atoms with E-state index in [1.165, 1.54) is 12.8 Å². The summed E-state index contributed by atoms with van der Waals surface area (Å²) in [6.45, 7) is 4.46. The van der Waals surface area contributed by atoms with Gasteiger partial charge in [-0.2, -0.15) is 11.8 Å². The first-order valence-electron chi connectivity index (χ1n) is 6.16. The molecule has 0 amide bonds. The maximum Gasteiger partial charge on any atom is 0.0897 e. The fourth-order valence-corrected chi connectivity index (χ4v) is 2.43. The number of rotatable bonds is 10. The number of hydrogen-bond acceptors (Lipinski definition) is 5. The zero-order valence-corrected chi connectivity index (χ0v) is 11.9. The van der Waals surface area contributed by atoms with Gasteiger partial charge in [-0.3, -0.25) is 0 Å².